The largest absolute Gasteiger partial charge is 0.409 e. The highest BCUT2D eigenvalue weighted by Gasteiger charge is 2.48. The predicted octanol–water partition coefficient (Wildman–Crippen LogP) is 2.93. The van der Waals surface area contributed by atoms with Gasteiger partial charge >= 0.3 is 0 Å². The van der Waals surface area contributed by atoms with E-state index in [-0.39, 0.29) is 27.3 Å². The summed E-state index contributed by atoms with van der Waals surface area (Å²) in [7, 11) is -0.219. The van der Waals surface area contributed by atoms with Gasteiger partial charge in [-0.1, -0.05) is 43.4 Å². The molecule has 4 nitrogen and oxygen atoms in total. The van der Waals surface area contributed by atoms with E-state index >= 15 is 0 Å². The lowest BCUT2D eigenvalue weighted by atomic mass is 10.0. The fraction of sp³-hybridized carbons (Fsp3) is 1.00. The Hall–Kier alpha value is 0.787. The molecule has 1 aliphatic rings. The minimum atomic E-state index is -1.89. The number of ether oxygens (including phenoxy) is 2. The first kappa shape index (κ1) is 17.8. The average molecular weight is 402 g/mol. The fourth-order valence-corrected chi connectivity index (χ4v) is 4.16. The molecule has 1 aliphatic heterocycles. The maximum atomic E-state index is 9.87. The monoisotopic (exact) mass is 402 g/mol. The van der Waals surface area contributed by atoms with Crippen LogP contribution in [0.4, 0.5) is 0 Å². The summed E-state index contributed by atoms with van der Waals surface area (Å²) in [5, 5.41) is 10.0. The molecule has 0 aliphatic carbocycles. The van der Waals surface area contributed by atoms with Gasteiger partial charge in [0.1, 0.15) is 6.10 Å². The third-order valence-corrected chi connectivity index (χ3v) is 10.0. The number of hydrogen-bond acceptors (Lipinski definition) is 4. The van der Waals surface area contributed by atoms with E-state index in [2.05, 4.69) is 56.5 Å². The van der Waals surface area contributed by atoms with E-state index in [0.29, 0.717) is 0 Å². The van der Waals surface area contributed by atoms with Gasteiger partial charge in [0.2, 0.25) is 0 Å². The normalized spacial score (nSPS) is 37.4. The van der Waals surface area contributed by atoms with Crippen LogP contribution < -0.4 is 0 Å². The molecule has 114 valence electrons. The molecule has 0 aromatic carbocycles. The highest BCUT2D eigenvalue weighted by atomic mass is 127. The summed E-state index contributed by atoms with van der Waals surface area (Å²) in [6, 6.07) is 0. The topological polar surface area (TPSA) is 47.9 Å². The van der Waals surface area contributed by atoms with Crippen molar-refractivity contribution in [2.75, 3.05) is 7.11 Å². The second kappa shape index (κ2) is 6.27. The summed E-state index contributed by atoms with van der Waals surface area (Å²) in [6.45, 7) is 13.0. The predicted molar refractivity (Wildman–Crippen MR) is 87.2 cm³/mol. The summed E-state index contributed by atoms with van der Waals surface area (Å²) in [5.74, 6) is 0. The molecule has 0 spiro atoms. The second-order valence-electron chi connectivity index (χ2n) is 6.72. The average Bonchev–Trinajstić information content (AvgIpc) is 2.24. The summed E-state index contributed by atoms with van der Waals surface area (Å²) >= 11 is 2.18. The van der Waals surface area contributed by atoms with Gasteiger partial charge in [-0.25, -0.2) is 0 Å². The zero-order valence-electron chi connectivity index (χ0n) is 12.9. The first-order chi connectivity index (χ1) is 8.51. The number of halogens is 1. The first-order valence-corrected chi connectivity index (χ1v) is 10.8. The Morgan fingerprint density at radius 1 is 1.21 bits per heavy atom. The van der Waals surface area contributed by atoms with Crippen LogP contribution in [0.5, 0.6) is 0 Å². The summed E-state index contributed by atoms with van der Waals surface area (Å²) in [4.78, 5) is 0. The van der Waals surface area contributed by atoms with Crippen molar-refractivity contribution >= 4 is 30.9 Å². The van der Waals surface area contributed by atoms with Crippen LogP contribution in [-0.4, -0.2) is 49.1 Å². The van der Waals surface area contributed by atoms with Gasteiger partial charge in [-0.15, -0.1) is 0 Å². The number of aliphatic hydroxyl groups is 1. The molecule has 6 heteroatoms. The van der Waals surface area contributed by atoms with Crippen molar-refractivity contribution in [3.05, 3.63) is 0 Å². The number of alkyl halides is 1. The molecule has 0 aromatic heterocycles. The van der Waals surface area contributed by atoms with E-state index in [1.165, 1.54) is 0 Å². The van der Waals surface area contributed by atoms with Crippen LogP contribution in [0.2, 0.25) is 18.1 Å². The molecule has 0 saturated carbocycles. The van der Waals surface area contributed by atoms with Crippen molar-refractivity contribution < 1.29 is 19.0 Å². The lowest BCUT2D eigenvalue weighted by Gasteiger charge is -2.47. The van der Waals surface area contributed by atoms with Gasteiger partial charge in [0.25, 0.3) is 0 Å². The molecule has 0 aromatic rings. The van der Waals surface area contributed by atoms with Crippen LogP contribution in [0.25, 0.3) is 0 Å². The van der Waals surface area contributed by atoms with Crippen molar-refractivity contribution in [1.82, 2.24) is 0 Å². The smallest absolute Gasteiger partial charge is 0.192 e. The van der Waals surface area contributed by atoms with Crippen LogP contribution in [0.15, 0.2) is 0 Å². The van der Waals surface area contributed by atoms with E-state index < -0.39 is 14.6 Å². The quantitative estimate of drug-likeness (QED) is 0.448. The van der Waals surface area contributed by atoms with Gasteiger partial charge in [0, 0.05) is 7.11 Å². The molecule has 19 heavy (non-hydrogen) atoms. The van der Waals surface area contributed by atoms with E-state index in [0.717, 1.165) is 0 Å². The molecular weight excluding hydrogens is 375 g/mol. The third kappa shape index (κ3) is 3.91. The van der Waals surface area contributed by atoms with Gasteiger partial charge < -0.3 is 19.0 Å². The van der Waals surface area contributed by atoms with E-state index in [9.17, 15) is 5.11 Å². The molecular formula is C13H27IO4Si. The zero-order chi connectivity index (χ0) is 15.0. The standard InChI is InChI=1S/C13H27IO4Si/c1-8-10(18-19(6,7)13(2,3)4)11(16-5)9(14)12(15)17-8/h8-12,15H,1-7H3/t8-,9-,10-,11-,12-/m1/s1. The molecule has 1 N–H and O–H groups in total. The Labute approximate surface area is 131 Å². The molecule has 0 amide bonds. The number of rotatable bonds is 3. The van der Waals surface area contributed by atoms with E-state index in [1.807, 2.05) is 6.92 Å². The number of hydrogen-bond donors (Lipinski definition) is 1. The minimum absolute atomic E-state index is 0.117. The molecule has 1 heterocycles. The number of aliphatic hydroxyl groups excluding tert-OH is 1. The molecule has 0 unspecified atom stereocenters. The number of methoxy groups -OCH3 is 1. The molecule has 1 rings (SSSR count). The molecule has 0 bridgehead atoms. The molecule has 5 atom stereocenters. The first-order valence-electron chi connectivity index (χ1n) is 6.69. The molecule has 1 saturated heterocycles. The summed E-state index contributed by atoms with van der Waals surface area (Å²) in [6.07, 6.45) is -1.23. The molecule has 0 radical (unpaired) electrons. The van der Waals surface area contributed by atoms with Crippen molar-refractivity contribution in [2.24, 2.45) is 0 Å². The van der Waals surface area contributed by atoms with E-state index in [1.54, 1.807) is 7.11 Å². The van der Waals surface area contributed by atoms with Crippen LogP contribution in [0.3, 0.4) is 0 Å². The Balaban J connectivity index is 2.91. The lowest BCUT2D eigenvalue weighted by molar-refractivity contribution is -0.220. The van der Waals surface area contributed by atoms with E-state index in [4.69, 9.17) is 13.9 Å². The van der Waals surface area contributed by atoms with Crippen LogP contribution in [0, 0.1) is 0 Å². The van der Waals surface area contributed by atoms with Crippen molar-refractivity contribution in [1.29, 1.82) is 0 Å². The molecule has 1 fully saturated rings. The van der Waals surface area contributed by atoms with Crippen LogP contribution in [-0.2, 0) is 13.9 Å². The van der Waals surface area contributed by atoms with Crippen LogP contribution in [0.1, 0.15) is 27.7 Å². The SMILES string of the molecule is CO[C@@H]1[C@@H](I)[C@H](O)O[C@H](C)[C@H]1O[Si](C)(C)C(C)(C)C. The Bertz CT molecular complexity index is 306. The van der Waals surface area contributed by atoms with Gasteiger partial charge in [0.05, 0.1) is 16.1 Å². The minimum Gasteiger partial charge on any atom is -0.409 e. The van der Waals surface area contributed by atoms with Gasteiger partial charge in [-0.2, -0.15) is 0 Å². The van der Waals surface area contributed by atoms with Gasteiger partial charge in [-0.05, 0) is 25.1 Å². The van der Waals surface area contributed by atoms with Crippen molar-refractivity contribution in [2.45, 2.75) is 74.4 Å². The highest BCUT2D eigenvalue weighted by Crippen LogP contribution is 2.40. The lowest BCUT2D eigenvalue weighted by Crippen LogP contribution is -2.60. The summed E-state index contributed by atoms with van der Waals surface area (Å²) in [5.41, 5.74) is 0. The Kier molecular flexibility index (Phi) is 5.89. The van der Waals surface area contributed by atoms with Crippen LogP contribution >= 0.6 is 22.6 Å². The zero-order valence-corrected chi connectivity index (χ0v) is 16.1. The van der Waals surface area contributed by atoms with Gasteiger partial charge in [-0.3, -0.25) is 0 Å². The Morgan fingerprint density at radius 3 is 2.16 bits per heavy atom. The second-order valence-corrected chi connectivity index (χ2v) is 12.9. The van der Waals surface area contributed by atoms with Crippen molar-refractivity contribution in [3.63, 3.8) is 0 Å². The van der Waals surface area contributed by atoms with Gasteiger partial charge in [0.15, 0.2) is 14.6 Å². The van der Waals surface area contributed by atoms with Crippen molar-refractivity contribution in [3.8, 4) is 0 Å². The maximum Gasteiger partial charge on any atom is 0.192 e. The highest BCUT2D eigenvalue weighted by molar-refractivity contribution is 14.1. The summed E-state index contributed by atoms with van der Waals surface area (Å²) < 4.78 is 17.5. The Morgan fingerprint density at radius 2 is 1.74 bits per heavy atom. The maximum absolute atomic E-state index is 9.87. The third-order valence-electron chi connectivity index (χ3n) is 4.24. The fourth-order valence-electron chi connectivity index (χ4n) is 1.93.